The van der Waals surface area contributed by atoms with Crippen molar-refractivity contribution in [2.75, 3.05) is 6.54 Å². The van der Waals surface area contributed by atoms with Gasteiger partial charge in [0.05, 0.1) is 12.5 Å². The predicted octanol–water partition coefficient (Wildman–Crippen LogP) is 2.25. The monoisotopic (exact) mass is 252 g/mol. The van der Waals surface area contributed by atoms with Crippen LogP contribution in [-0.4, -0.2) is 23.4 Å². The standard InChI is InChI=1S/C13H20N2OS/c1-4-7-15(9-12-6-5-8-17-12)13(16)10(2)11(3)14/h4-6,8,10-11H,1,7,9,14H2,2-3H3. The highest BCUT2D eigenvalue weighted by atomic mass is 32.1. The van der Waals surface area contributed by atoms with Crippen molar-refractivity contribution in [3.63, 3.8) is 0 Å². The van der Waals surface area contributed by atoms with Crippen LogP contribution in [0.2, 0.25) is 0 Å². The smallest absolute Gasteiger partial charge is 0.227 e. The lowest BCUT2D eigenvalue weighted by atomic mass is 10.0. The molecular weight excluding hydrogens is 232 g/mol. The first kappa shape index (κ1) is 13.9. The Morgan fingerprint density at radius 2 is 2.35 bits per heavy atom. The average molecular weight is 252 g/mol. The number of carbonyl (C=O) groups excluding carboxylic acids is 1. The molecule has 0 aliphatic heterocycles. The topological polar surface area (TPSA) is 46.3 Å². The van der Waals surface area contributed by atoms with Gasteiger partial charge in [0.15, 0.2) is 0 Å². The molecule has 17 heavy (non-hydrogen) atoms. The van der Waals surface area contributed by atoms with Gasteiger partial charge in [-0.1, -0.05) is 19.1 Å². The summed E-state index contributed by atoms with van der Waals surface area (Å²) < 4.78 is 0. The number of hydrogen-bond acceptors (Lipinski definition) is 3. The average Bonchev–Trinajstić information content (AvgIpc) is 2.79. The van der Waals surface area contributed by atoms with E-state index in [-0.39, 0.29) is 17.9 Å². The molecule has 0 aliphatic rings. The third-order valence-corrected chi connectivity index (χ3v) is 3.63. The lowest BCUT2D eigenvalue weighted by Crippen LogP contribution is -2.41. The highest BCUT2D eigenvalue weighted by Crippen LogP contribution is 2.15. The van der Waals surface area contributed by atoms with Crippen LogP contribution in [0.1, 0.15) is 18.7 Å². The SMILES string of the molecule is C=CCN(Cc1cccs1)C(=O)C(C)C(C)N. The summed E-state index contributed by atoms with van der Waals surface area (Å²) in [5, 5.41) is 2.01. The molecule has 0 saturated carbocycles. The number of amides is 1. The minimum absolute atomic E-state index is 0.0910. The van der Waals surface area contributed by atoms with Gasteiger partial charge in [-0.2, -0.15) is 0 Å². The van der Waals surface area contributed by atoms with Gasteiger partial charge in [-0.3, -0.25) is 4.79 Å². The van der Waals surface area contributed by atoms with Crippen LogP contribution in [-0.2, 0) is 11.3 Å². The number of hydrogen-bond donors (Lipinski definition) is 1. The van der Waals surface area contributed by atoms with Gasteiger partial charge in [-0.15, -0.1) is 17.9 Å². The van der Waals surface area contributed by atoms with Crippen LogP contribution in [0.4, 0.5) is 0 Å². The summed E-state index contributed by atoms with van der Waals surface area (Å²) in [6.07, 6.45) is 1.75. The number of nitrogens with two attached hydrogens (primary N) is 1. The number of carbonyl (C=O) groups is 1. The second-order valence-corrected chi connectivity index (χ2v) is 5.27. The second kappa shape index (κ2) is 6.57. The maximum atomic E-state index is 12.2. The molecule has 1 heterocycles. The van der Waals surface area contributed by atoms with Crippen molar-refractivity contribution < 1.29 is 4.79 Å². The maximum Gasteiger partial charge on any atom is 0.227 e. The summed E-state index contributed by atoms with van der Waals surface area (Å²) in [5.74, 6) is -0.0665. The Hall–Kier alpha value is -1.13. The molecule has 0 spiro atoms. The molecule has 0 aliphatic carbocycles. The molecule has 0 fully saturated rings. The van der Waals surface area contributed by atoms with Crippen LogP contribution in [0.3, 0.4) is 0 Å². The van der Waals surface area contributed by atoms with Crippen molar-refractivity contribution in [2.45, 2.75) is 26.4 Å². The van der Waals surface area contributed by atoms with Gasteiger partial charge in [0.25, 0.3) is 0 Å². The first-order valence-electron chi connectivity index (χ1n) is 5.74. The highest BCUT2D eigenvalue weighted by molar-refractivity contribution is 7.09. The molecule has 2 atom stereocenters. The van der Waals surface area contributed by atoms with Gasteiger partial charge in [-0.25, -0.2) is 0 Å². The molecule has 2 N–H and O–H groups in total. The maximum absolute atomic E-state index is 12.2. The van der Waals surface area contributed by atoms with Crippen LogP contribution >= 0.6 is 11.3 Å². The van der Waals surface area contributed by atoms with Gasteiger partial charge < -0.3 is 10.6 Å². The van der Waals surface area contributed by atoms with Crippen LogP contribution in [0.5, 0.6) is 0 Å². The van der Waals surface area contributed by atoms with E-state index in [0.717, 1.165) is 0 Å². The lowest BCUT2D eigenvalue weighted by molar-refractivity contribution is -0.135. The van der Waals surface area contributed by atoms with E-state index in [1.165, 1.54) is 4.88 Å². The number of rotatable bonds is 6. The molecule has 1 rings (SSSR count). The van der Waals surface area contributed by atoms with E-state index >= 15 is 0 Å². The van der Waals surface area contributed by atoms with Crippen LogP contribution in [0, 0.1) is 5.92 Å². The lowest BCUT2D eigenvalue weighted by Gasteiger charge is -2.25. The molecule has 94 valence electrons. The van der Waals surface area contributed by atoms with Crippen molar-refractivity contribution in [3.05, 3.63) is 35.0 Å². The van der Waals surface area contributed by atoms with Gasteiger partial charge in [-0.05, 0) is 18.4 Å². The molecule has 0 saturated heterocycles. The van der Waals surface area contributed by atoms with Crippen LogP contribution in [0.15, 0.2) is 30.2 Å². The molecule has 1 aromatic rings. The van der Waals surface area contributed by atoms with Gasteiger partial charge >= 0.3 is 0 Å². The first-order valence-corrected chi connectivity index (χ1v) is 6.62. The third-order valence-electron chi connectivity index (χ3n) is 2.77. The Balaban J connectivity index is 2.71. The quantitative estimate of drug-likeness (QED) is 0.789. The molecule has 1 amide bonds. The zero-order valence-corrected chi connectivity index (χ0v) is 11.2. The normalized spacial score (nSPS) is 14.1. The summed E-state index contributed by atoms with van der Waals surface area (Å²) in [4.78, 5) is 15.2. The van der Waals surface area contributed by atoms with E-state index in [1.807, 2.05) is 31.4 Å². The molecule has 2 unspecified atom stereocenters. The Bertz CT molecular complexity index is 360. The summed E-state index contributed by atoms with van der Waals surface area (Å²) in [6, 6.07) is 3.90. The van der Waals surface area contributed by atoms with Gasteiger partial charge in [0.2, 0.25) is 5.91 Å². The molecule has 0 radical (unpaired) electrons. The second-order valence-electron chi connectivity index (χ2n) is 4.23. The van der Waals surface area contributed by atoms with Crippen molar-refractivity contribution in [1.82, 2.24) is 4.90 Å². The summed E-state index contributed by atoms with van der Waals surface area (Å²) >= 11 is 1.66. The summed E-state index contributed by atoms with van der Waals surface area (Å²) in [6.45, 7) is 8.63. The van der Waals surface area contributed by atoms with E-state index in [9.17, 15) is 4.79 Å². The van der Waals surface area contributed by atoms with Crippen LogP contribution in [0.25, 0.3) is 0 Å². The number of thiophene rings is 1. The molecule has 4 heteroatoms. The van der Waals surface area contributed by atoms with E-state index in [0.29, 0.717) is 13.1 Å². The largest absolute Gasteiger partial charge is 0.334 e. The molecule has 0 aromatic carbocycles. The fourth-order valence-corrected chi connectivity index (χ4v) is 2.21. The van der Waals surface area contributed by atoms with Crippen LogP contribution < -0.4 is 5.73 Å². The zero-order valence-electron chi connectivity index (χ0n) is 10.4. The van der Waals surface area contributed by atoms with E-state index < -0.39 is 0 Å². The number of nitrogens with zero attached hydrogens (tertiary/aromatic N) is 1. The van der Waals surface area contributed by atoms with E-state index in [1.54, 1.807) is 22.3 Å². The molecule has 1 aromatic heterocycles. The van der Waals surface area contributed by atoms with E-state index in [4.69, 9.17) is 5.73 Å². The fraction of sp³-hybridized carbons (Fsp3) is 0.462. The summed E-state index contributed by atoms with van der Waals surface area (Å²) in [7, 11) is 0. The Morgan fingerprint density at radius 3 is 2.82 bits per heavy atom. The Morgan fingerprint density at radius 1 is 1.65 bits per heavy atom. The van der Waals surface area contributed by atoms with Crippen molar-refractivity contribution in [2.24, 2.45) is 11.7 Å². The van der Waals surface area contributed by atoms with Crippen molar-refractivity contribution >= 4 is 17.2 Å². The predicted molar refractivity (Wildman–Crippen MR) is 72.7 cm³/mol. The summed E-state index contributed by atoms with van der Waals surface area (Å²) in [5.41, 5.74) is 5.77. The molecule has 3 nitrogen and oxygen atoms in total. The van der Waals surface area contributed by atoms with Crippen molar-refractivity contribution in [3.8, 4) is 0 Å². The minimum Gasteiger partial charge on any atom is -0.334 e. The first-order chi connectivity index (χ1) is 8.06. The van der Waals surface area contributed by atoms with E-state index in [2.05, 4.69) is 6.58 Å². The van der Waals surface area contributed by atoms with Gasteiger partial charge in [0.1, 0.15) is 0 Å². The van der Waals surface area contributed by atoms with Gasteiger partial charge in [0, 0.05) is 17.5 Å². The minimum atomic E-state index is -0.157. The van der Waals surface area contributed by atoms with Crippen molar-refractivity contribution in [1.29, 1.82) is 0 Å². The molecular formula is C13H20N2OS. The fourth-order valence-electron chi connectivity index (χ4n) is 1.49. The molecule has 0 bridgehead atoms. The third kappa shape index (κ3) is 3.98. The Kier molecular flexibility index (Phi) is 5.38. The highest BCUT2D eigenvalue weighted by Gasteiger charge is 2.22. The zero-order chi connectivity index (χ0) is 12.8. The Labute approximate surface area is 107 Å².